The van der Waals surface area contributed by atoms with Gasteiger partial charge in [-0.1, -0.05) is 20.3 Å². The van der Waals surface area contributed by atoms with E-state index >= 15 is 0 Å². The summed E-state index contributed by atoms with van der Waals surface area (Å²) in [5.41, 5.74) is 0.900. The summed E-state index contributed by atoms with van der Waals surface area (Å²) in [4.78, 5) is 0.138. The van der Waals surface area contributed by atoms with Gasteiger partial charge >= 0.3 is 0 Å². The zero-order chi connectivity index (χ0) is 14.8. The van der Waals surface area contributed by atoms with Crippen LogP contribution >= 0.6 is 10.7 Å². The fraction of sp³-hybridized carbons (Fsp3) is 0.600. The Balaban J connectivity index is 2.28. The van der Waals surface area contributed by atoms with Crippen molar-refractivity contribution in [3.63, 3.8) is 0 Å². The van der Waals surface area contributed by atoms with Crippen molar-refractivity contribution in [3.8, 4) is 5.75 Å². The third kappa shape index (κ3) is 3.89. The molecule has 0 saturated heterocycles. The molecular weight excluding hydrogens is 296 g/mol. The van der Waals surface area contributed by atoms with Gasteiger partial charge in [-0.15, -0.1) is 0 Å². The van der Waals surface area contributed by atoms with Crippen molar-refractivity contribution in [3.05, 3.63) is 23.8 Å². The van der Waals surface area contributed by atoms with Crippen molar-refractivity contribution in [2.45, 2.75) is 62.9 Å². The van der Waals surface area contributed by atoms with E-state index in [0.717, 1.165) is 24.2 Å². The minimum absolute atomic E-state index is 0.138. The van der Waals surface area contributed by atoms with Crippen molar-refractivity contribution >= 4 is 19.7 Å². The molecule has 0 aromatic heterocycles. The molecule has 5 heteroatoms. The van der Waals surface area contributed by atoms with E-state index in [9.17, 15) is 8.42 Å². The molecule has 0 aliphatic heterocycles. The quantitative estimate of drug-likeness (QED) is 0.771. The monoisotopic (exact) mass is 316 g/mol. The first kappa shape index (κ1) is 15.6. The Kier molecular flexibility index (Phi) is 4.97. The summed E-state index contributed by atoms with van der Waals surface area (Å²) in [5.74, 6) is 0.975. The zero-order valence-corrected chi connectivity index (χ0v) is 13.5. The number of hydrogen-bond acceptors (Lipinski definition) is 3. The van der Waals surface area contributed by atoms with Gasteiger partial charge in [0.15, 0.2) is 0 Å². The molecule has 0 atom stereocenters. The van der Waals surface area contributed by atoms with Gasteiger partial charge < -0.3 is 4.74 Å². The molecule has 1 aromatic carbocycles. The minimum atomic E-state index is -3.69. The van der Waals surface area contributed by atoms with Crippen molar-refractivity contribution in [1.82, 2.24) is 0 Å². The summed E-state index contributed by atoms with van der Waals surface area (Å²) < 4.78 is 28.9. The van der Waals surface area contributed by atoms with E-state index in [2.05, 4.69) is 0 Å². The topological polar surface area (TPSA) is 43.4 Å². The van der Waals surface area contributed by atoms with Gasteiger partial charge in [0.05, 0.1) is 11.0 Å². The van der Waals surface area contributed by atoms with Crippen LogP contribution in [-0.2, 0) is 9.05 Å². The molecule has 3 nitrogen and oxygen atoms in total. The molecule has 20 heavy (non-hydrogen) atoms. The molecule has 1 aliphatic carbocycles. The van der Waals surface area contributed by atoms with Crippen LogP contribution in [0.5, 0.6) is 5.75 Å². The lowest BCUT2D eigenvalue weighted by Gasteiger charge is -2.25. The van der Waals surface area contributed by atoms with Gasteiger partial charge in [-0.3, -0.25) is 0 Å². The lowest BCUT2D eigenvalue weighted by molar-refractivity contribution is 0.153. The molecule has 0 bridgehead atoms. The number of rotatable bonds is 4. The van der Waals surface area contributed by atoms with E-state index in [0.29, 0.717) is 0 Å². The smallest absolute Gasteiger partial charge is 0.261 e. The van der Waals surface area contributed by atoms with Crippen LogP contribution < -0.4 is 4.74 Å². The van der Waals surface area contributed by atoms with Crippen molar-refractivity contribution in [1.29, 1.82) is 0 Å². The lowest BCUT2D eigenvalue weighted by Crippen LogP contribution is -2.20. The maximum atomic E-state index is 11.4. The van der Waals surface area contributed by atoms with E-state index in [1.807, 2.05) is 13.8 Å². The van der Waals surface area contributed by atoms with Gasteiger partial charge in [0, 0.05) is 10.7 Å². The molecule has 0 amide bonds. The Morgan fingerprint density at radius 3 is 2.40 bits per heavy atom. The van der Waals surface area contributed by atoms with E-state index < -0.39 is 9.05 Å². The third-order valence-electron chi connectivity index (χ3n) is 3.73. The highest BCUT2D eigenvalue weighted by atomic mass is 35.7. The van der Waals surface area contributed by atoms with Crippen LogP contribution in [0.15, 0.2) is 23.1 Å². The van der Waals surface area contributed by atoms with Crippen molar-refractivity contribution in [2.24, 2.45) is 0 Å². The number of halogens is 1. The summed E-state index contributed by atoms with van der Waals surface area (Å²) in [7, 11) is 1.72. The Bertz CT molecular complexity index is 560. The molecule has 1 fully saturated rings. The number of benzene rings is 1. The van der Waals surface area contributed by atoms with Crippen LogP contribution in [0.1, 0.15) is 57.4 Å². The van der Waals surface area contributed by atoms with E-state index in [4.69, 9.17) is 15.4 Å². The largest absolute Gasteiger partial charge is 0.490 e. The highest BCUT2D eigenvalue weighted by Crippen LogP contribution is 2.32. The number of ether oxygens (including phenoxy) is 1. The normalized spacial score (nSPS) is 17.4. The van der Waals surface area contributed by atoms with Gasteiger partial charge in [0.1, 0.15) is 5.75 Å². The summed E-state index contributed by atoms with van der Waals surface area (Å²) in [6.45, 7) is 4.04. The van der Waals surface area contributed by atoms with Gasteiger partial charge in [0.25, 0.3) is 9.05 Å². The highest BCUT2D eigenvalue weighted by molar-refractivity contribution is 8.13. The molecule has 0 spiro atoms. The van der Waals surface area contributed by atoms with Gasteiger partial charge in [0.2, 0.25) is 0 Å². The van der Waals surface area contributed by atoms with Crippen LogP contribution in [0, 0.1) is 0 Å². The first-order valence-corrected chi connectivity index (χ1v) is 9.44. The fourth-order valence-corrected chi connectivity index (χ4v) is 3.39. The first-order valence-electron chi connectivity index (χ1n) is 7.13. The van der Waals surface area contributed by atoms with E-state index in [1.165, 1.54) is 25.3 Å². The second-order valence-corrected chi connectivity index (χ2v) is 8.24. The Morgan fingerprint density at radius 2 is 1.85 bits per heavy atom. The SMILES string of the molecule is CC(C)c1cc(S(=O)(=O)Cl)ccc1OC1CCCCC1. The van der Waals surface area contributed by atoms with Gasteiger partial charge in [-0.05, 0) is 55.4 Å². The standard InChI is InChI=1S/C15H21ClO3S/c1-11(2)14-10-13(20(16,17)18)8-9-15(14)19-12-6-4-3-5-7-12/h8-12H,3-7H2,1-2H3. The van der Waals surface area contributed by atoms with Crippen molar-refractivity contribution in [2.75, 3.05) is 0 Å². The average Bonchev–Trinajstić information content (AvgIpc) is 2.38. The fourth-order valence-electron chi connectivity index (χ4n) is 2.60. The maximum absolute atomic E-state index is 11.4. The van der Waals surface area contributed by atoms with Crippen LogP contribution in [-0.4, -0.2) is 14.5 Å². The predicted molar refractivity (Wildman–Crippen MR) is 81.1 cm³/mol. The summed E-state index contributed by atoms with van der Waals surface area (Å²) in [6, 6.07) is 4.89. The summed E-state index contributed by atoms with van der Waals surface area (Å²) >= 11 is 0. The second kappa shape index (κ2) is 6.35. The average molecular weight is 317 g/mol. The van der Waals surface area contributed by atoms with Gasteiger partial charge in [-0.2, -0.15) is 0 Å². The molecule has 112 valence electrons. The molecule has 0 radical (unpaired) electrons. The summed E-state index contributed by atoms with van der Waals surface area (Å²) in [6.07, 6.45) is 6.09. The molecule has 2 rings (SSSR count). The van der Waals surface area contributed by atoms with Gasteiger partial charge in [-0.25, -0.2) is 8.42 Å². The Hall–Kier alpha value is -0.740. The predicted octanol–water partition coefficient (Wildman–Crippen LogP) is 4.45. The minimum Gasteiger partial charge on any atom is -0.490 e. The van der Waals surface area contributed by atoms with Crippen LogP contribution in [0.3, 0.4) is 0 Å². The Labute approximate surface area is 125 Å². The van der Waals surface area contributed by atoms with Crippen molar-refractivity contribution < 1.29 is 13.2 Å². The molecule has 1 aromatic rings. The molecule has 0 unspecified atom stereocenters. The second-order valence-electron chi connectivity index (χ2n) is 5.67. The Morgan fingerprint density at radius 1 is 1.20 bits per heavy atom. The maximum Gasteiger partial charge on any atom is 0.261 e. The molecule has 0 heterocycles. The number of hydrogen-bond donors (Lipinski definition) is 0. The molecule has 1 saturated carbocycles. The van der Waals surface area contributed by atoms with Crippen LogP contribution in [0.25, 0.3) is 0 Å². The summed E-state index contributed by atoms with van der Waals surface area (Å²) in [5, 5.41) is 0. The molecule has 1 aliphatic rings. The van der Waals surface area contributed by atoms with E-state index in [-0.39, 0.29) is 16.9 Å². The van der Waals surface area contributed by atoms with E-state index in [1.54, 1.807) is 12.1 Å². The van der Waals surface area contributed by atoms with Crippen LogP contribution in [0.4, 0.5) is 0 Å². The molecule has 0 N–H and O–H groups in total. The lowest BCUT2D eigenvalue weighted by atomic mass is 9.97. The van der Waals surface area contributed by atoms with Crippen LogP contribution in [0.2, 0.25) is 0 Å². The zero-order valence-electron chi connectivity index (χ0n) is 11.9. The highest BCUT2D eigenvalue weighted by Gasteiger charge is 2.19. The third-order valence-corrected chi connectivity index (χ3v) is 5.08. The first-order chi connectivity index (χ1) is 9.38. The molecular formula is C15H21ClO3S.